The van der Waals surface area contributed by atoms with Crippen LogP contribution in [0.15, 0.2) is 12.4 Å². The molecule has 1 aliphatic rings. The van der Waals surface area contributed by atoms with Crippen molar-refractivity contribution in [2.45, 2.75) is 58.5 Å². The second-order valence-electron chi connectivity index (χ2n) is 5.84. The largest absolute Gasteiger partial charge is 0.313 e. The van der Waals surface area contributed by atoms with E-state index in [1.165, 1.54) is 32.2 Å². The molecule has 112 valence electrons. The number of aromatic nitrogens is 2. The highest BCUT2D eigenvalue weighted by atomic mass is 15.2. The Kier molecular flexibility index (Phi) is 5.92. The monoisotopic (exact) mass is 276 g/mol. The standard InChI is InChI=1S/C16H28N4/c1-4-5-11-20(12-15-7-6-8-18-15)14(3)16-13(2)17-9-10-19-16/h9-10,14-15,18H,4-8,11-12H2,1-3H3. The lowest BCUT2D eigenvalue weighted by atomic mass is 10.1. The van der Waals surface area contributed by atoms with Crippen molar-refractivity contribution in [3.63, 3.8) is 0 Å². The van der Waals surface area contributed by atoms with E-state index in [1.54, 1.807) is 6.20 Å². The average molecular weight is 276 g/mol. The number of nitrogens with one attached hydrogen (secondary N) is 1. The lowest BCUT2D eigenvalue weighted by Crippen LogP contribution is -2.40. The first-order valence-electron chi connectivity index (χ1n) is 7.97. The zero-order chi connectivity index (χ0) is 14.4. The fourth-order valence-electron chi connectivity index (χ4n) is 3.00. The minimum absolute atomic E-state index is 0.345. The van der Waals surface area contributed by atoms with E-state index < -0.39 is 0 Å². The van der Waals surface area contributed by atoms with E-state index in [0.717, 1.165) is 24.5 Å². The second-order valence-corrected chi connectivity index (χ2v) is 5.84. The summed E-state index contributed by atoms with van der Waals surface area (Å²) in [6, 6.07) is 0.990. The second kappa shape index (κ2) is 7.70. The third-order valence-corrected chi connectivity index (χ3v) is 4.28. The van der Waals surface area contributed by atoms with Crippen LogP contribution in [0.5, 0.6) is 0 Å². The normalized spacial score (nSPS) is 20.5. The first-order valence-corrected chi connectivity index (χ1v) is 7.97. The van der Waals surface area contributed by atoms with Crippen molar-refractivity contribution >= 4 is 0 Å². The molecule has 0 amide bonds. The van der Waals surface area contributed by atoms with Crippen LogP contribution in [-0.4, -0.2) is 40.5 Å². The molecule has 20 heavy (non-hydrogen) atoms. The molecule has 0 saturated carbocycles. The molecular formula is C16H28N4. The molecule has 0 aliphatic carbocycles. The molecule has 4 nitrogen and oxygen atoms in total. The van der Waals surface area contributed by atoms with Crippen LogP contribution in [0.1, 0.15) is 57.0 Å². The summed E-state index contributed by atoms with van der Waals surface area (Å²) in [6.45, 7) is 10.0. The van der Waals surface area contributed by atoms with Crippen LogP contribution in [0.25, 0.3) is 0 Å². The van der Waals surface area contributed by atoms with Crippen molar-refractivity contribution in [2.75, 3.05) is 19.6 Å². The highest BCUT2D eigenvalue weighted by Crippen LogP contribution is 2.22. The van der Waals surface area contributed by atoms with E-state index in [-0.39, 0.29) is 0 Å². The number of nitrogens with zero attached hydrogens (tertiary/aromatic N) is 3. The van der Waals surface area contributed by atoms with E-state index >= 15 is 0 Å². The van der Waals surface area contributed by atoms with E-state index in [1.807, 2.05) is 6.20 Å². The van der Waals surface area contributed by atoms with Crippen molar-refractivity contribution in [1.29, 1.82) is 0 Å². The smallest absolute Gasteiger partial charge is 0.0784 e. The van der Waals surface area contributed by atoms with E-state index in [2.05, 4.69) is 41.0 Å². The Morgan fingerprint density at radius 1 is 1.40 bits per heavy atom. The number of rotatable bonds is 7. The summed E-state index contributed by atoms with van der Waals surface area (Å²) in [4.78, 5) is 11.5. The predicted molar refractivity (Wildman–Crippen MR) is 82.7 cm³/mol. The topological polar surface area (TPSA) is 41.0 Å². The van der Waals surface area contributed by atoms with Crippen molar-refractivity contribution in [3.8, 4) is 0 Å². The summed E-state index contributed by atoms with van der Waals surface area (Å²) in [6.07, 6.45) is 8.68. The van der Waals surface area contributed by atoms with Gasteiger partial charge in [-0.05, 0) is 46.2 Å². The number of unbranched alkanes of at least 4 members (excludes halogenated alkanes) is 1. The Morgan fingerprint density at radius 2 is 2.20 bits per heavy atom. The molecule has 0 spiro atoms. The molecule has 0 aromatic carbocycles. The van der Waals surface area contributed by atoms with Gasteiger partial charge in [0.1, 0.15) is 0 Å². The summed E-state index contributed by atoms with van der Waals surface area (Å²) in [5.41, 5.74) is 2.18. The van der Waals surface area contributed by atoms with Gasteiger partial charge in [0, 0.05) is 25.0 Å². The quantitative estimate of drug-likeness (QED) is 0.831. The summed E-state index contributed by atoms with van der Waals surface area (Å²) in [5, 5.41) is 3.61. The van der Waals surface area contributed by atoms with E-state index in [9.17, 15) is 0 Å². The zero-order valence-corrected chi connectivity index (χ0v) is 13.1. The summed E-state index contributed by atoms with van der Waals surface area (Å²) < 4.78 is 0. The minimum Gasteiger partial charge on any atom is -0.313 e. The predicted octanol–water partition coefficient (Wildman–Crippen LogP) is 2.70. The Morgan fingerprint density at radius 3 is 2.85 bits per heavy atom. The number of aryl methyl sites for hydroxylation is 1. The molecule has 1 N–H and O–H groups in total. The molecule has 1 aliphatic heterocycles. The van der Waals surface area contributed by atoms with Gasteiger partial charge in [-0.1, -0.05) is 13.3 Å². The van der Waals surface area contributed by atoms with Crippen molar-refractivity contribution < 1.29 is 0 Å². The van der Waals surface area contributed by atoms with Crippen LogP contribution in [0, 0.1) is 6.92 Å². The summed E-state index contributed by atoms with van der Waals surface area (Å²) in [5.74, 6) is 0. The fourth-order valence-corrected chi connectivity index (χ4v) is 3.00. The Bertz CT molecular complexity index is 401. The van der Waals surface area contributed by atoms with Gasteiger partial charge in [0.25, 0.3) is 0 Å². The lowest BCUT2D eigenvalue weighted by Gasteiger charge is -2.31. The maximum atomic E-state index is 4.56. The molecule has 2 rings (SSSR count). The minimum atomic E-state index is 0.345. The molecule has 1 saturated heterocycles. The molecule has 1 aromatic heterocycles. The number of hydrogen-bond acceptors (Lipinski definition) is 4. The van der Waals surface area contributed by atoms with Crippen LogP contribution in [0.2, 0.25) is 0 Å². The van der Waals surface area contributed by atoms with Gasteiger partial charge < -0.3 is 5.32 Å². The van der Waals surface area contributed by atoms with Crippen molar-refractivity contribution in [2.24, 2.45) is 0 Å². The maximum absolute atomic E-state index is 4.56. The summed E-state index contributed by atoms with van der Waals surface area (Å²) >= 11 is 0. The zero-order valence-electron chi connectivity index (χ0n) is 13.1. The third kappa shape index (κ3) is 4.00. The first-order chi connectivity index (χ1) is 9.72. The van der Waals surface area contributed by atoms with E-state index in [0.29, 0.717) is 12.1 Å². The summed E-state index contributed by atoms with van der Waals surface area (Å²) in [7, 11) is 0. The molecule has 4 heteroatoms. The van der Waals surface area contributed by atoms with Gasteiger partial charge in [-0.2, -0.15) is 0 Å². The van der Waals surface area contributed by atoms with Gasteiger partial charge in [-0.15, -0.1) is 0 Å². The number of hydrogen-bond donors (Lipinski definition) is 1. The van der Waals surface area contributed by atoms with Gasteiger partial charge in [0.15, 0.2) is 0 Å². The van der Waals surface area contributed by atoms with Crippen molar-refractivity contribution in [1.82, 2.24) is 20.2 Å². The maximum Gasteiger partial charge on any atom is 0.0784 e. The highest BCUT2D eigenvalue weighted by molar-refractivity contribution is 5.12. The molecule has 1 fully saturated rings. The Hall–Kier alpha value is -1.00. The molecule has 1 aromatic rings. The highest BCUT2D eigenvalue weighted by Gasteiger charge is 2.23. The van der Waals surface area contributed by atoms with Gasteiger partial charge in [0.05, 0.1) is 17.4 Å². The van der Waals surface area contributed by atoms with Gasteiger partial charge in [-0.3, -0.25) is 14.9 Å². The molecule has 2 unspecified atom stereocenters. The lowest BCUT2D eigenvalue weighted by molar-refractivity contribution is 0.185. The van der Waals surface area contributed by atoms with Crippen LogP contribution >= 0.6 is 0 Å². The SMILES string of the molecule is CCCCN(CC1CCCN1)C(C)c1nccnc1C. The van der Waals surface area contributed by atoms with Crippen LogP contribution in [0.3, 0.4) is 0 Å². The van der Waals surface area contributed by atoms with Crippen LogP contribution < -0.4 is 5.32 Å². The third-order valence-electron chi connectivity index (χ3n) is 4.28. The van der Waals surface area contributed by atoms with E-state index in [4.69, 9.17) is 0 Å². The molecule has 0 radical (unpaired) electrons. The van der Waals surface area contributed by atoms with Crippen LogP contribution in [0.4, 0.5) is 0 Å². The first kappa shape index (κ1) is 15.4. The Labute approximate surface area is 123 Å². The molecule has 0 bridgehead atoms. The van der Waals surface area contributed by atoms with Crippen molar-refractivity contribution in [3.05, 3.63) is 23.8 Å². The van der Waals surface area contributed by atoms with Gasteiger partial charge in [0.2, 0.25) is 0 Å². The molecule has 2 heterocycles. The molecular weight excluding hydrogens is 248 g/mol. The average Bonchev–Trinajstić information content (AvgIpc) is 2.96. The van der Waals surface area contributed by atoms with Gasteiger partial charge >= 0.3 is 0 Å². The van der Waals surface area contributed by atoms with Gasteiger partial charge in [-0.25, -0.2) is 0 Å². The fraction of sp³-hybridized carbons (Fsp3) is 0.750. The molecule has 2 atom stereocenters. The Balaban J connectivity index is 2.06. The van der Waals surface area contributed by atoms with Crippen LogP contribution in [-0.2, 0) is 0 Å².